The largest absolute Gasteiger partial charge is 0.353 e. The Morgan fingerprint density at radius 2 is 2.00 bits per heavy atom. The van der Waals surface area contributed by atoms with E-state index in [-0.39, 0.29) is 23.2 Å². The number of nitrogens with one attached hydrogen (secondary N) is 1. The first-order valence-corrected chi connectivity index (χ1v) is 8.66. The van der Waals surface area contributed by atoms with E-state index in [4.69, 9.17) is 0 Å². The fraction of sp³-hybridized carbons (Fsp3) is 0.882. The van der Waals surface area contributed by atoms with E-state index in [2.05, 4.69) is 12.2 Å². The Morgan fingerprint density at radius 1 is 1.24 bits per heavy atom. The molecule has 1 N–H and O–H groups in total. The Kier molecular flexibility index (Phi) is 3.05. The summed E-state index contributed by atoms with van der Waals surface area (Å²) in [5.41, 5.74) is 0.138. The van der Waals surface area contributed by atoms with Crippen molar-refractivity contribution in [2.24, 2.45) is 23.2 Å². The molecule has 3 saturated carbocycles. The molecule has 1 aliphatic heterocycles. The van der Waals surface area contributed by atoms with Gasteiger partial charge in [-0.25, -0.2) is 0 Å². The van der Waals surface area contributed by atoms with Crippen LogP contribution in [0.2, 0.25) is 0 Å². The third-order valence-corrected chi connectivity index (χ3v) is 6.38. The molecule has 0 aromatic rings. The van der Waals surface area contributed by atoms with E-state index in [0.717, 1.165) is 57.5 Å². The molecule has 1 spiro atoms. The summed E-state index contributed by atoms with van der Waals surface area (Å²) in [6, 6.07) is 0.436. The van der Waals surface area contributed by atoms with Crippen LogP contribution < -0.4 is 5.32 Å². The van der Waals surface area contributed by atoms with Gasteiger partial charge in [-0.05, 0) is 50.9 Å². The number of rotatable bonds is 3. The Bertz CT molecular complexity index is 467. The molecule has 2 unspecified atom stereocenters. The van der Waals surface area contributed by atoms with Crippen molar-refractivity contribution in [1.82, 2.24) is 10.2 Å². The molecular formula is C17H26N2O2. The zero-order chi connectivity index (χ0) is 14.6. The zero-order valence-electron chi connectivity index (χ0n) is 12.9. The number of amides is 2. The maximum atomic E-state index is 12.4. The topological polar surface area (TPSA) is 49.4 Å². The summed E-state index contributed by atoms with van der Waals surface area (Å²) in [4.78, 5) is 26.7. The highest BCUT2D eigenvalue weighted by molar-refractivity contribution is 5.84. The third-order valence-electron chi connectivity index (χ3n) is 6.38. The van der Waals surface area contributed by atoms with Crippen LogP contribution in [0.3, 0.4) is 0 Å². The van der Waals surface area contributed by atoms with Crippen molar-refractivity contribution in [1.29, 1.82) is 0 Å². The first-order valence-electron chi connectivity index (χ1n) is 8.66. The van der Waals surface area contributed by atoms with E-state index in [1.165, 1.54) is 6.42 Å². The van der Waals surface area contributed by atoms with Gasteiger partial charge >= 0.3 is 0 Å². The minimum atomic E-state index is 0.138. The molecule has 1 saturated heterocycles. The van der Waals surface area contributed by atoms with Gasteiger partial charge in [0.15, 0.2) is 0 Å². The van der Waals surface area contributed by atoms with Crippen molar-refractivity contribution >= 4 is 11.8 Å². The second-order valence-corrected chi connectivity index (χ2v) is 8.04. The summed E-state index contributed by atoms with van der Waals surface area (Å²) in [5.74, 6) is 1.78. The van der Waals surface area contributed by atoms with Crippen molar-refractivity contribution in [3.63, 3.8) is 0 Å². The highest BCUT2D eigenvalue weighted by Gasteiger charge is 2.61. The molecule has 2 amide bonds. The van der Waals surface area contributed by atoms with Crippen molar-refractivity contribution in [2.75, 3.05) is 13.1 Å². The van der Waals surface area contributed by atoms with Crippen LogP contribution in [0.5, 0.6) is 0 Å². The van der Waals surface area contributed by atoms with Gasteiger partial charge in [-0.15, -0.1) is 0 Å². The van der Waals surface area contributed by atoms with Crippen LogP contribution in [0.4, 0.5) is 0 Å². The molecule has 4 heteroatoms. The first-order chi connectivity index (χ1) is 10.1. The molecule has 4 nitrogen and oxygen atoms in total. The number of nitrogens with zero attached hydrogens (tertiary/aromatic N) is 1. The van der Waals surface area contributed by atoms with Gasteiger partial charge in [0.25, 0.3) is 0 Å². The number of hydrogen-bond donors (Lipinski definition) is 1. The van der Waals surface area contributed by atoms with Gasteiger partial charge < -0.3 is 10.2 Å². The summed E-state index contributed by atoms with van der Waals surface area (Å²) in [7, 11) is 0. The molecule has 0 aromatic heterocycles. The lowest BCUT2D eigenvalue weighted by atomic mass is 9.75. The van der Waals surface area contributed by atoms with E-state index in [1.54, 1.807) is 0 Å². The van der Waals surface area contributed by atoms with Crippen LogP contribution in [-0.2, 0) is 9.59 Å². The van der Waals surface area contributed by atoms with Gasteiger partial charge in [0.1, 0.15) is 0 Å². The summed E-state index contributed by atoms with van der Waals surface area (Å²) >= 11 is 0. The molecule has 0 radical (unpaired) electrons. The van der Waals surface area contributed by atoms with E-state index < -0.39 is 0 Å². The Balaban J connectivity index is 1.30. The van der Waals surface area contributed by atoms with Crippen LogP contribution in [0.15, 0.2) is 0 Å². The SMILES string of the molecule is CC1CC(C(=O)N2CCC3(CC3C(=O)NC3CCC3)C2)C1. The lowest BCUT2D eigenvalue weighted by Crippen LogP contribution is -2.42. The smallest absolute Gasteiger partial charge is 0.225 e. The first kappa shape index (κ1) is 13.6. The number of carbonyl (C=O) groups excluding carboxylic acids is 2. The lowest BCUT2D eigenvalue weighted by Gasteiger charge is -2.34. The Labute approximate surface area is 126 Å². The summed E-state index contributed by atoms with van der Waals surface area (Å²) in [5, 5.41) is 3.18. The molecule has 21 heavy (non-hydrogen) atoms. The Hall–Kier alpha value is -1.06. The minimum absolute atomic E-state index is 0.138. The predicted octanol–water partition coefficient (Wildman–Crippen LogP) is 1.94. The molecular weight excluding hydrogens is 264 g/mol. The van der Waals surface area contributed by atoms with E-state index in [0.29, 0.717) is 11.9 Å². The minimum Gasteiger partial charge on any atom is -0.353 e. The lowest BCUT2D eigenvalue weighted by molar-refractivity contribution is -0.139. The second kappa shape index (κ2) is 4.72. The average molecular weight is 290 g/mol. The van der Waals surface area contributed by atoms with Crippen LogP contribution >= 0.6 is 0 Å². The molecule has 116 valence electrons. The maximum Gasteiger partial charge on any atom is 0.225 e. The molecule has 3 aliphatic carbocycles. The van der Waals surface area contributed by atoms with Gasteiger partial charge in [0.05, 0.1) is 0 Å². The van der Waals surface area contributed by atoms with Crippen LogP contribution in [0.1, 0.15) is 51.9 Å². The van der Waals surface area contributed by atoms with E-state index in [9.17, 15) is 9.59 Å². The van der Waals surface area contributed by atoms with Crippen molar-refractivity contribution in [3.05, 3.63) is 0 Å². The van der Waals surface area contributed by atoms with Crippen LogP contribution in [0, 0.1) is 23.2 Å². The summed E-state index contributed by atoms with van der Waals surface area (Å²) in [6.07, 6.45) is 7.71. The van der Waals surface area contributed by atoms with Crippen molar-refractivity contribution in [3.8, 4) is 0 Å². The van der Waals surface area contributed by atoms with Gasteiger partial charge in [-0.2, -0.15) is 0 Å². The average Bonchev–Trinajstić information content (AvgIpc) is 2.90. The molecule has 0 bridgehead atoms. The van der Waals surface area contributed by atoms with Gasteiger partial charge in [0.2, 0.25) is 11.8 Å². The standard InChI is InChI=1S/C17H26N2O2/c1-11-7-12(8-11)16(21)19-6-5-17(10-19)9-14(17)15(20)18-13-3-2-4-13/h11-14H,2-10H2,1H3,(H,18,20). The highest BCUT2D eigenvalue weighted by Crippen LogP contribution is 2.59. The quantitative estimate of drug-likeness (QED) is 0.863. The van der Waals surface area contributed by atoms with Gasteiger partial charge in [-0.1, -0.05) is 6.92 Å². The molecule has 4 fully saturated rings. The summed E-state index contributed by atoms with van der Waals surface area (Å²) < 4.78 is 0. The molecule has 2 atom stereocenters. The number of hydrogen-bond acceptors (Lipinski definition) is 2. The van der Waals surface area contributed by atoms with Crippen LogP contribution in [0.25, 0.3) is 0 Å². The molecule has 1 heterocycles. The normalized spacial score (nSPS) is 41.6. The molecule has 4 rings (SSSR count). The van der Waals surface area contributed by atoms with Gasteiger partial charge in [0, 0.05) is 36.4 Å². The highest BCUT2D eigenvalue weighted by atomic mass is 16.2. The van der Waals surface area contributed by atoms with E-state index >= 15 is 0 Å². The fourth-order valence-electron chi connectivity index (χ4n) is 4.47. The molecule has 0 aromatic carbocycles. The summed E-state index contributed by atoms with van der Waals surface area (Å²) in [6.45, 7) is 3.92. The number of likely N-dealkylation sites (tertiary alicyclic amines) is 1. The predicted molar refractivity (Wildman–Crippen MR) is 79.4 cm³/mol. The zero-order valence-corrected chi connectivity index (χ0v) is 12.9. The van der Waals surface area contributed by atoms with Crippen molar-refractivity contribution < 1.29 is 9.59 Å². The number of carbonyl (C=O) groups is 2. The maximum absolute atomic E-state index is 12.4. The third kappa shape index (κ3) is 2.27. The Morgan fingerprint density at radius 3 is 2.62 bits per heavy atom. The molecule has 4 aliphatic rings. The monoisotopic (exact) mass is 290 g/mol. The van der Waals surface area contributed by atoms with Gasteiger partial charge in [-0.3, -0.25) is 9.59 Å². The van der Waals surface area contributed by atoms with E-state index in [1.807, 2.05) is 4.90 Å². The van der Waals surface area contributed by atoms with Crippen molar-refractivity contribution in [2.45, 2.75) is 57.9 Å². The van der Waals surface area contributed by atoms with Crippen LogP contribution in [-0.4, -0.2) is 35.8 Å². The fourth-order valence-corrected chi connectivity index (χ4v) is 4.47. The second-order valence-electron chi connectivity index (χ2n) is 8.04.